The Balaban J connectivity index is 3.03. The molecule has 0 unspecified atom stereocenters. The molecule has 0 aliphatic carbocycles. The van der Waals surface area contributed by atoms with E-state index in [2.05, 4.69) is 9.97 Å². The fourth-order valence-corrected chi connectivity index (χ4v) is 1.05. The summed E-state index contributed by atoms with van der Waals surface area (Å²) in [5.41, 5.74) is 0.0157. The molecule has 1 rings (SSSR count). The van der Waals surface area contributed by atoms with Crippen LogP contribution in [0, 0.1) is 0 Å². The van der Waals surface area contributed by atoms with Crippen LogP contribution in [0.25, 0.3) is 0 Å². The van der Waals surface area contributed by atoms with Crippen molar-refractivity contribution < 1.29 is 9.90 Å². The highest BCUT2D eigenvalue weighted by Gasteiger charge is 2.32. The van der Waals surface area contributed by atoms with Crippen LogP contribution in [0.15, 0.2) is 6.20 Å². The second kappa shape index (κ2) is 3.44. The van der Waals surface area contributed by atoms with Gasteiger partial charge in [0, 0.05) is 11.9 Å². The Bertz CT molecular complexity index is 340. The summed E-state index contributed by atoms with van der Waals surface area (Å²) in [5, 5.41) is 8.98. The summed E-state index contributed by atoms with van der Waals surface area (Å²) < 4.78 is 0. The summed E-state index contributed by atoms with van der Waals surface area (Å²) in [6.07, 6.45) is 1.70. The molecule has 0 bridgehead atoms. The van der Waals surface area contributed by atoms with E-state index in [-0.39, 0.29) is 0 Å². The number of rotatable bonds is 3. The molecule has 0 fully saturated rings. The lowest BCUT2D eigenvalue weighted by Crippen LogP contribution is -2.29. The van der Waals surface area contributed by atoms with E-state index >= 15 is 0 Å². The van der Waals surface area contributed by atoms with Gasteiger partial charge in [-0.15, -0.1) is 0 Å². The van der Waals surface area contributed by atoms with Crippen LogP contribution in [0.1, 0.15) is 45.1 Å². The maximum absolute atomic E-state index is 10.9. The van der Waals surface area contributed by atoms with Gasteiger partial charge in [0.25, 0.3) is 0 Å². The molecule has 0 aliphatic heterocycles. The predicted molar refractivity (Wildman–Crippen MR) is 53.3 cm³/mol. The van der Waals surface area contributed by atoms with Gasteiger partial charge in [-0.2, -0.15) is 0 Å². The van der Waals surface area contributed by atoms with Crippen molar-refractivity contribution in [2.45, 2.75) is 39.0 Å². The Morgan fingerprint density at radius 3 is 2.50 bits per heavy atom. The Hall–Kier alpha value is -1.32. The molecule has 1 aromatic heterocycles. The largest absolute Gasteiger partial charge is 0.481 e. The van der Waals surface area contributed by atoms with E-state index in [0.29, 0.717) is 11.7 Å². The normalized spacial score (nSPS) is 12.1. The van der Waals surface area contributed by atoms with Gasteiger partial charge in [-0.3, -0.25) is 4.79 Å². The van der Waals surface area contributed by atoms with Gasteiger partial charge >= 0.3 is 5.97 Å². The third kappa shape index (κ3) is 1.78. The summed E-state index contributed by atoms with van der Waals surface area (Å²) in [5.74, 6) is -0.0308. The number of carbonyl (C=O) groups is 1. The number of carboxylic acids is 1. The quantitative estimate of drug-likeness (QED) is 0.775. The number of aromatic nitrogens is 2. The van der Waals surface area contributed by atoms with Crippen molar-refractivity contribution in [1.82, 2.24) is 9.97 Å². The molecule has 0 aliphatic rings. The lowest BCUT2D eigenvalue weighted by atomic mass is 9.93. The number of H-pyrrole nitrogens is 1. The molecular weight excluding hydrogens is 180 g/mol. The number of hydrogen-bond acceptors (Lipinski definition) is 2. The van der Waals surface area contributed by atoms with Crippen LogP contribution in [0.2, 0.25) is 0 Å². The van der Waals surface area contributed by atoms with Gasteiger partial charge in [-0.05, 0) is 19.8 Å². The highest BCUT2D eigenvalue weighted by Crippen LogP contribution is 2.22. The first-order valence-electron chi connectivity index (χ1n) is 4.64. The van der Waals surface area contributed by atoms with Gasteiger partial charge in [0.2, 0.25) is 0 Å². The minimum atomic E-state index is -0.951. The molecule has 0 atom stereocenters. The van der Waals surface area contributed by atoms with Gasteiger partial charge in [0.05, 0.1) is 0 Å². The molecule has 0 radical (unpaired) electrons. The summed E-state index contributed by atoms with van der Waals surface area (Å²) in [7, 11) is 0. The van der Waals surface area contributed by atoms with E-state index < -0.39 is 11.4 Å². The predicted octanol–water partition coefficient (Wildman–Crippen LogP) is 1.90. The Labute approximate surface area is 83.4 Å². The first-order chi connectivity index (χ1) is 6.35. The number of carboxylic acid groups (broad SMARTS) is 1. The average Bonchev–Trinajstić information content (AvgIpc) is 2.51. The molecule has 0 amide bonds. The third-order valence-electron chi connectivity index (χ3n) is 2.34. The molecule has 0 aromatic carbocycles. The van der Waals surface area contributed by atoms with E-state index in [1.807, 2.05) is 13.8 Å². The highest BCUT2D eigenvalue weighted by atomic mass is 16.4. The first-order valence-corrected chi connectivity index (χ1v) is 4.64. The van der Waals surface area contributed by atoms with E-state index in [9.17, 15) is 4.79 Å². The fraction of sp³-hybridized carbons (Fsp3) is 0.600. The van der Waals surface area contributed by atoms with Gasteiger partial charge in [-0.25, -0.2) is 4.98 Å². The Morgan fingerprint density at radius 1 is 1.57 bits per heavy atom. The van der Waals surface area contributed by atoms with Gasteiger partial charge in [0.1, 0.15) is 11.2 Å². The summed E-state index contributed by atoms with van der Waals surface area (Å²) in [6.45, 7) is 7.34. The zero-order chi connectivity index (χ0) is 10.9. The molecule has 1 heterocycles. The van der Waals surface area contributed by atoms with E-state index in [1.54, 1.807) is 20.0 Å². The first kappa shape index (κ1) is 10.8. The second-order valence-electron chi connectivity index (χ2n) is 4.27. The lowest BCUT2D eigenvalue weighted by molar-refractivity contribution is -0.142. The maximum atomic E-state index is 10.9. The molecule has 4 nitrogen and oxygen atoms in total. The van der Waals surface area contributed by atoms with Crippen molar-refractivity contribution in [3.05, 3.63) is 17.7 Å². The van der Waals surface area contributed by atoms with Crippen LogP contribution < -0.4 is 0 Å². The van der Waals surface area contributed by atoms with Crippen molar-refractivity contribution in [1.29, 1.82) is 0 Å². The van der Waals surface area contributed by atoms with E-state index in [1.165, 1.54) is 0 Å². The summed E-state index contributed by atoms with van der Waals surface area (Å²) in [6, 6.07) is 0. The number of hydrogen-bond donors (Lipinski definition) is 2. The molecule has 2 N–H and O–H groups in total. The van der Waals surface area contributed by atoms with Crippen LogP contribution >= 0.6 is 0 Å². The summed E-state index contributed by atoms with van der Waals surface area (Å²) >= 11 is 0. The maximum Gasteiger partial charge on any atom is 0.316 e. The van der Waals surface area contributed by atoms with Gasteiger partial charge in [0.15, 0.2) is 0 Å². The molecule has 1 aromatic rings. The highest BCUT2D eigenvalue weighted by molar-refractivity contribution is 5.78. The topological polar surface area (TPSA) is 66.0 Å². The zero-order valence-corrected chi connectivity index (χ0v) is 8.96. The standard InChI is InChI=1S/C10H16N2O2/c1-6(2)7-5-11-8(12-7)10(3,4)9(13)14/h5-6H,1-4H3,(H,11,12)(H,13,14). The number of imidazole rings is 1. The van der Waals surface area contributed by atoms with Crippen LogP contribution in [0.4, 0.5) is 0 Å². The molecule has 78 valence electrons. The van der Waals surface area contributed by atoms with E-state index in [0.717, 1.165) is 5.69 Å². The number of nitrogens with zero attached hydrogens (tertiary/aromatic N) is 1. The summed E-state index contributed by atoms with van der Waals surface area (Å²) in [4.78, 5) is 18.1. The van der Waals surface area contributed by atoms with Crippen molar-refractivity contribution in [2.24, 2.45) is 0 Å². The molecule has 0 saturated heterocycles. The van der Waals surface area contributed by atoms with Gasteiger partial charge in [-0.1, -0.05) is 13.8 Å². The van der Waals surface area contributed by atoms with Gasteiger partial charge < -0.3 is 10.1 Å². The van der Waals surface area contributed by atoms with Crippen LogP contribution in [-0.4, -0.2) is 21.0 Å². The smallest absolute Gasteiger partial charge is 0.316 e. The van der Waals surface area contributed by atoms with E-state index in [4.69, 9.17) is 5.11 Å². The SMILES string of the molecule is CC(C)c1cnc(C(C)(C)C(=O)O)[nH]1. The minimum Gasteiger partial charge on any atom is -0.481 e. The van der Waals surface area contributed by atoms with Crippen LogP contribution in [0.5, 0.6) is 0 Å². The molecule has 0 spiro atoms. The van der Waals surface area contributed by atoms with Crippen molar-refractivity contribution in [3.63, 3.8) is 0 Å². The van der Waals surface area contributed by atoms with Crippen LogP contribution in [-0.2, 0) is 10.2 Å². The second-order valence-corrected chi connectivity index (χ2v) is 4.27. The fourth-order valence-electron chi connectivity index (χ4n) is 1.05. The average molecular weight is 196 g/mol. The van der Waals surface area contributed by atoms with Crippen molar-refractivity contribution in [2.75, 3.05) is 0 Å². The number of aromatic amines is 1. The third-order valence-corrected chi connectivity index (χ3v) is 2.34. The van der Waals surface area contributed by atoms with Crippen molar-refractivity contribution in [3.8, 4) is 0 Å². The molecular formula is C10H16N2O2. The molecule has 14 heavy (non-hydrogen) atoms. The van der Waals surface area contributed by atoms with Crippen molar-refractivity contribution >= 4 is 5.97 Å². The monoisotopic (exact) mass is 196 g/mol. The molecule has 0 saturated carbocycles. The Morgan fingerprint density at radius 2 is 2.14 bits per heavy atom. The van der Waals surface area contributed by atoms with Crippen LogP contribution in [0.3, 0.4) is 0 Å². The minimum absolute atomic E-state index is 0.334. The zero-order valence-electron chi connectivity index (χ0n) is 8.96. The Kier molecular flexibility index (Phi) is 2.64. The number of aliphatic carboxylic acids is 1. The number of nitrogens with one attached hydrogen (secondary N) is 1. The lowest BCUT2D eigenvalue weighted by Gasteiger charge is -2.15. The molecule has 4 heteroatoms.